The molecule has 0 saturated heterocycles. The number of methoxy groups -OCH3 is 1. The van der Waals surface area contributed by atoms with Crippen molar-refractivity contribution in [1.82, 2.24) is 9.88 Å². The van der Waals surface area contributed by atoms with Gasteiger partial charge in [0.1, 0.15) is 6.07 Å². The highest BCUT2D eigenvalue weighted by molar-refractivity contribution is 5.91. The zero-order chi connectivity index (χ0) is 20.5. The fourth-order valence-corrected chi connectivity index (χ4v) is 3.04. The Bertz CT molecular complexity index is 1050. The second kappa shape index (κ2) is 10.00. The fourth-order valence-electron chi connectivity index (χ4n) is 3.04. The van der Waals surface area contributed by atoms with E-state index in [0.29, 0.717) is 18.0 Å². The topological polar surface area (TPSA) is 76.3 Å². The molecule has 0 bridgehead atoms. The van der Waals surface area contributed by atoms with E-state index in [9.17, 15) is 4.79 Å². The van der Waals surface area contributed by atoms with Crippen LogP contribution in [0.25, 0.3) is 17.0 Å². The maximum Gasteiger partial charge on any atom is 0.244 e. The van der Waals surface area contributed by atoms with Gasteiger partial charge in [0, 0.05) is 30.9 Å². The number of benzene rings is 2. The summed E-state index contributed by atoms with van der Waals surface area (Å²) in [7, 11) is 1.53. The summed E-state index contributed by atoms with van der Waals surface area (Å²) >= 11 is 0. The van der Waals surface area contributed by atoms with Crippen LogP contribution in [0.4, 0.5) is 0 Å². The van der Waals surface area contributed by atoms with E-state index < -0.39 is 0 Å². The van der Waals surface area contributed by atoms with Crippen LogP contribution in [-0.4, -0.2) is 30.7 Å². The lowest BCUT2D eigenvalue weighted by atomic mass is 10.2. The lowest BCUT2D eigenvalue weighted by molar-refractivity contribution is -0.116. The first kappa shape index (κ1) is 20.0. The van der Waals surface area contributed by atoms with Crippen molar-refractivity contribution in [3.63, 3.8) is 0 Å². The molecule has 6 heteroatoms. The molecule has 1 N–H and O–H groups in total. The molecular formula is C23H23N3O3. The second-order valence-corrected chi connectivity index (χ2v) is 6.40. The number of rotatable bonds is 9. The predicted octanol–water partition coefficient (Wildman–Crippen LogP) is 3.77. The number of carbonyl (C=O) groups is 1. The molecular weight excluding hydrogens is 366 g/mol. The van der Waals surface area contributed by atoms with Crippen molar-refractivity contribution in [2.75, 3.05) is 20.3 Å². The predicted molar refractivity (Wildman–Crippen MR) is 113 cm³/mol. The van der Waals surface area contributed by atoms with Crippen LogP contribution in [0.1, 0.15) is 12.0 Å². The molecule has 0 aliphatic rings. The molecule has 2 aromatic carbocycles. The Balaban J connectivity index is 1.47. The summed E-state index contributed by atoms with van der Waals surface area (Å²) in [5, 5.41) is 12.7. The van der Waals surface area contributed by atoms with Gasteiger partial charge < -0.3 is 19.4 Å². The van der Waals surface area contributed by atoms with Gasteiger partial charge in [0.15, 0.2) is 18.1 Å². The van der Waals surface area contributed by atoms with E-state index >= 15 is 0 Å². The Morgan fingerprint density at radius 1 is 1.21 bits per heavy atom. The molecule has 0 unspecified atom stereocenters. The average molecular weight is 389 g/mol. The first-order valence-corrected chi connectivity index (χ1v) is 9.39. The van der Waals surface area contributed by atoms with Crippen molar-refractivity contribution in [2.24, 2.45) is 0 Å². The number of amides is 1. The molecule has 0 aliphatic carbocycles. The van der Waals surface area contributed by atoms with Gasteiger partial charge in [-0.25, -0.2) is 0 Å². The van der Waals surface area contributed by atoms with Crippen LogP contribution in [-0.2, 0) is 11.3 Å². The third-order valence-corrected chi connectivity index (χ3v) is 4.46. The van der Waals surface area contributed by atoms with Gasteiger partial charge in [0.2, 0.25) is 5.91 Å². The number of nitrogens with zero attached hydrogens (tertiary/aromatic N) is 2. The van der Waals surface area contributed by atoms with Gasteiger partial charge in [-0.3, -0.25) is 4.79 Å². The minimum absolute atomic E-state index is 0.0489. The number of nitriles is 1. The van der Waals surface area contributed by atoms with E-state index in [1.807, 2.05) is 18.2 Å². The molecule has 29 heavy (non-hydrogen) atoms. The van der Waals surface area contributed by atoms with Crippen molar-refractivity contribution in [2.45, 2.75) is 13.0 Å². The van der Waals surface area contributed by atoms with Crippen molar-refractivity contribution < 1.29 is 14.3 Å². The van der Waals surface area contributed by atoms with Gasteiger partial charge in [-0.1, -0.05) is 24.3 Å². The summed E-state index contributed by atoms with van der Waals surface area (Å²) in [6, 6.07) is 17.5. The minimum Gasteiger partial charge on any atom is -0.493 e. The molecule has 0 spiro atoms. The molecule has 0 radical (unpaired) electrons. The van der Waals surface area contributed by atoms with Crippen molar-refractivity contribution in [3.8, 4) is 17.6 Å². The molecule has 6 nitrogen and oxygen atoms in total. The van der Waals surface area contributed by atoms with Crippen LogP contribution in [0.3, 0.4) is 0 Å². The number of carbonyl (C=O) groups excluding carboxylic acids is 1. The van der Waals surface area contributed by atoms with Crippen LogP contribution >= 0.6 is 0 Å². The molecule has 148 valence electrons. The third-order valence-electron chi connectivity index (χ3n) is 4.46. The molecule has 1 amide bonds. The van der Waals surface area contributed by atoms with Crippen molar-refractivity contribution in [1.29, 1.82) is 5.26 Å². The van der Waals surface area contributed by atoms with Crippen molar-refractivity contribution in [3.05, 3.63) is 66.4 Å². The van der Waals surface area contributed by atoms with E-state index in [-0.39, 0.29) is 12.5 Å². The number of aryl methyl sites for hydroxylation is 1. The zero-order valence-electron chi connectivity index (χ0n) is 16.3. The summed E-state index contributed by atoms with van der Waals surface area (Å²) in [6.45, 7) is 1.39. The number of hydrogen-bond donors (Lipinski definition) is 1. The van der Waals surface area contributed by atoms with Crippen LogP contribution in [0.5, 0.6) is 11.5 Å². The lowest BCUT2D eigenvalue weighted by Crippen LogP contribution is -2.23. The number of ether oxygens (including phenoxy) is 2. The molecule has 0 atom stereocenters. The maximum absolute atomic E-state index is 12.1. The van der Waals surface area contributed by atoms with E-state index in [0.717, 1.165) is 18.5 Å². The summed E-state index contributed by atoms with van der Waals surface area (Å²) < 4.78 is 12.7. The largest absolute Gasteiger partial charge is 0.493 e. The minimum atomic E-state index is -0.147. The van der Waals surface area contributed by atoms with E-state index in [2.05, 4.69) is 34.3 Å². The fraction of sp³-hybridized carbons (Fsp3) is 0.217. The molecule has 0 fully saturated rings. The van der Waals surface area contributed by atoms with Gasteiger partial charge >= 0.3 is 0 Å². The lowest BCUT2D eigenvalue weighted by Gasteiger charge is -2.09. The highest BCUT2D eigenvalue weighted by atomic mass is 16.5. The van der Waals surface area contributed by atoms with E-state index in [4.69, 9.17) is 14.7 Å². The first-order chi connectivity index (χ1) is 14.2. The molecule has 0 aliphatic heterocycles. The highest BCUT2D eigenvalue weighted by Gasteiger charge is 2.05. The van der Waals surface area contributed by atoms with E-state index in [1.54, 1.807) is 24.3 Å². The first-order valence-electron chi connectivity index (χ1n) is 9.39. The van der Waals surface area contributed by atoms with Gasteiger partial charge in [-0.15, -0.1) is 0 Å². The number of aromatic nitrogens is 1. The van der Waals surface area contributed by atoms with Crippen LogP contribution < -0.4 is 14.8 Å². The number of hydrogen-bond acceptors (Lipinski definition) is 4. The second-order valence-electron chi connectivity index (χ2n) is 6.40. The molecule has 3 rings (SSSR count). The molecule has 0 saturated carbocycles. The van der Waals surface area contributed by atoms with E-state index in [1.165, 1.54) is 24.1 Å². The molecule has 1 aromatic heterocycles. The third kappa shape index (κ3) is 5.39. The molecule has 3 aromatic rings. The summed E-state index contributed by atoms with van der Waals surface area (Å²) in [4.78, 5) is 12.1. The monoisotopic (exact) mass is 389 g/mol. The number of fused-ring (bicyclic) bond motifs is 1. The quantitative estimate of drug-likeness (QED) is 0.446. The van der Waals surface area contributed by atoms with Gasteiger partial charge in [0.25, 0.3) is 0 Å². The average Bonchev–Trinajstić information content (AvgIpc) is 3.17. The maximum atomic E-state index is 12.1. The summed E-state index contributed by atoms with van der Waals surface area (Å²) in [6.07, 6.45) is 6.13. The summed E-state index contributed by atoms with van der Waals surface area (Å²) in [5.41, 5.74) is 2.01. The van der Waals surface area contributed by atoms with Crippen LogP contribution in [0, 0.1) is 11.3 Å². The van der Waals surface area contributed by atoms with Gasteiger partial charge in [0.05, 0.1) is 7.11 Å². The molecule has 1 heterocycles. The van der Waals surface area contributed by atoms with Gasteiger partial charge in [-0.2, -0.15) is 5.26 Å². The normalized spacial score (nSPS) is 10.8. The summed E-state index contributed by atoms with van der Waals surface area (Å²) in [5.74, 6) is 0.862. The zero-order valence-corrected chi connectivity index (χ0v) is 16.3. The Morgan fingerprint density at radius 2 is 2.07 bits per heavy atom. The van der Waals surface area contributed by atoms with Gasteiger partial charge in [-0.05, 0) is 47.7 Å². The Labute approximate surface area is 170 Å². The smallest absolute Gasteiger partial charge is 0.244 e. The Kier molecular flexibility index (Phi) is 6.90. The Hall–Kier alpha value is -3.72. The standard InChI is InChI=1S/C23H23N3O3/c1-28-22-17-18(7-9-21(22)29-16-12-24)8-10-23(27)25-13-4-14-26-15-11-19-5-2-3-6-20(19)26/h2-3,5-11,15,17H,4,13-14,16H2,1H3,(H,25,27)/b10-8+. The number of nitrogens with one attached hydrogen (secondary N) is 1. The Morgan fingerprint density at radius 3 is 2.90 bits per heavy atom. The number of para-hydroxylation sites is 1. The van der Waals surface area contributed by atoms with Crippen LogP contribution in [0.15, 0.2) is 60.8 Å². The van der Waals surface area contributed by atoms with Crippen LogP contribution in [0.2, 0.25) is 0 Å². The van der Waals surface area contributed by atoms with Crippen molar-refractivity contribution >= 4 is 22.9 Å². The highest BCUT2D eigenvalue weighted by Crippen LogP contribution is 2.28. The SMILES string of the molecule is COc1cc(/C=C/C(=O)NCCCn2ccc3ccccc32)ccc1OCC#N.